The van der Waals surface area contributed by atoms with Gasteiger partial charge >= 0.3 is 5.97 Å². The fraction of sp³-hybridized carbons (Fsp3) is 0.273. The third kappa shape index (κ3) is 3.81. The zero-order valence-electron chi connectivity index (χ0n) is 8.64. The van der Waals surface area contributed by atoms with E-state index in [0.717, 1.165) is 0 Å². The molecule has 2 N–H and O–H groups in total. The molecule has 0 spiro atoms. The lowest BCUT2D eigenvalue weighted by Gasteiger charge is -1.98. The van der Waals surface area contributed by atoms with Crippen LogP contribution in [0, 0.1) is 0 Å². The molecule has 0 aliphatic heterocycles. The molecule has 0 saturated heterocycles. The molecule has 4 heteroatoms. The topological polar surface area (TPSA) is 65.2 Å². The minimum Gasteiger partial charge on any atom is -0.466 e. The van der Waals surface area contributed by atoms with Crippen LogP contribution in [0.3, 0.4) is 0 Å². The van der Waals surface area contributed by atoms with Crippen LogP contribution in [0.4, 0.5) is 5.69 Å². The van der Waals surface area contributed by atoms with E-state index in [1.54, 1.807) is 37.4 Å². The van der Waals surface area contributed by atoms with E-state index in [0.29, 0.717) is 18.0 Å². The van der Waals surface area contributed by atoms with Crippen molar-refractivity contribution < 1.29 is 9.53 Å². The van der Waals surface area contributed by atoms with Gasteiger partial charge in [0, 0.05) is 6.20 Å². The second-order valence-corrected chi connectivity index (χ2v) is 2.89. The van der Waals surface area contributed by atoms with Gasteiger partial charge < -0.3 is 10.5 Å². The molecule has 0 bridgehead atoms. The van der Waals surface area contributed by atoms with Crippen LogP contribution in [0.5, 0.6) is 0 Å². The number of anilines is 1. The number of ether oxygens (including phenoxy) is 1. The predicted molar refractivity (Wildman–Crippen MR) is 58.9 cm³/mol. The molecule has 0 saturated carbocycles. The zero-order valence-corrected chi connectivity index (χ0v) is 8.64. The van der Waals surface area contributed by atoms with Crippen molar-refractivity contribution in [3.8, 4) is 0 Å². The third-order valence-electron chi connectivity index (χ3n) is 1.74. The van der Waals surface area contributed by atoms with Crippen LogP contribution >= 0.6 is 0 Å². The number of rotatable bonds is 4. The lowest BCUT2D eigenvalue weighted by atomic mass is 10.2. The minimum absolute atomic E-state index is 0.240. The molecular formula is C11H14N2O2. The Kier molecular flexibility index (Phi) is 4.34. The summed E-state index contributed by atoms with van der Waals surface area (Å²) in [6.45, 7) is 2.18. The van der Waals surface area contributed by atoms with E-state index in [2.05, 4.69) is 4.98 Å². The Labute approximate surface area is 88.8 Å². The molecule has 0 unspecified atom stereocenters. The largest absolute Gasteiger partial charge is 0.466 e. The number of aromatic nitrogens is 1. The molecule has 4 nitrogen and oxygen atoms in total. The molecule has 1 aromatic heterocycles. The summed E-state index contributed by atoms with van der Waals surface area (Å²) in [6, 6.07) is 3.52. The lowest BCUT2D eigenvalue weighted by Crippen LogP contribution is -2.01. The first-order valence-electron chi connectivity index (χ1n) is 4.76. The number of nitrogens with zero attached hydrogens (tertiary/aromatic N) is 1. The maximum atomic E-state index is 11.0. The maximum Gasteiger partial charge on any atom is 0.309 e. The highest BCUT2D eigenvalue weighted by Gasteiger charge is 1.97. The van der Waals surface area contributed by atoms with E-state index in [-0.39, 0.29) is 12.4 Å². The van der Waals surface area contributed by atoms with E-state index in [4.69, 9.17) is 10.5 Å². The normalized spacial score (nSPS) is 10.5. The van der Waals surface area contributed by atoms with Gasteiger partial charge in [0.15, 0.2) is 0 Å². The Balaban J connectivity index is 2.52. The number of hydrogen-bond acceptors (Lipinski definition) is 4. The van der Waals surface area contributed by atoms with E-state index in [9.17, 15) is 4.79 Å². The summed E-state index contributed by atoms with van der Waals surface area (Å²) in [5.41, 5.74) is 6.93. The number of hydrogen-bond donors (Lipinski definition) is 1. The number of nitrogens with two attached hydrogens (primary N) is 1. The molecule has 0 atom stereocenters. The van der Waals surface area contributed by atoms with Gasteiger partial charge in [-0.3, -0.25) is 9.78 Å². The van der Waals surface area contributed by atoms with Gasteiger partial charge in [-0.2, -0.15) is 0 Å². The highest BCUT2D eigenvalue weighted by atomic mass is 16.5. The van der Waals surface area contributed by atoms with Crippen molar-refractivity contribution in [2.24, 2.45) is 0 Å². The molecule has 1 heterocycles. The van der Waals surface area contributed by atoms with Gasteiger partial charge in [0.2, 0.25) is 0 Å². The SMILES string of the molecule is CCOC(=O)CC=Cc1ncccc1N. The van der Waals surface area contributed by atoms with Gasteiger partial charge in [-0.15, -0.1) is 0 Å². The second kappa shape index (κ2) is 5.80. The van der Waals surface area contributed by atoms with Crippen LogP contribution in [0.1, 0.15) is 19.0 Å². The number of carbonyl (C=O) groups excluding carboxylic acids is 1. The van der Waals surface area contributed by atoms with Crippen LogP contribution in [-0.4, -0.2) is 17.6 Å². The molecule has 0 aliphatic carbocycles. The Morgan fingerprint density at radius 3 is 3.13 bits per heavy atom. The van der Waals surface area contributed by atoms with Crippen molar-refractivity contribution in [2.45, 2.75) is 13.3 Å². The standard InChI is InChI=1S/C11H14N2O2/c1-2-15-11(14)7-3-6-10-9(12)5-4-8-13-10/h3-6,8H,2,7,12H2,1H3. The Morgan fingerprint density at radius 2 is 2.47 bits per heavy atom. The van der Waals surface area contributed by atoms with Gasteiger partial charge in [0.1, 0.15) is 0 Å². The van der Waals surface area contributed by atoms with Crippen LogP contribution in [0.25, 0.3) is 6.08 Å². The molecule has 15 heavy (non-hydrogen) atoms. The highest BCUT2D eigenvalue weighted by molar-refractivity contribution is 5.73. The number of nitrogen functional groups attached to an aromatic ring is 1. The van der Waals surface area contributed by atoms with Crippen molar-refractivity contribution in [1.82, 2.24) is 4.98 Å². The lowest BCUT2D eigenvalue weighted by molar-refractivity contribution is -0.142. The molecule has 1 rings (SSSR count). The molecule has 0 fully saturated rings. The first-order chi connectivity index (χ1) is 7.24. The number of esters is 1. The minimum atomic E-state index is -0.247. The van der Waals surface area contributed by atoms with Crippen LogP contribution in [0.2, 0.25) is 0 Å². The molecule has 0 aliphatic rings. The summed E-state index contributed by atoms with van der Waals surface area (Å²) in [5.74, 6) is -0.247. The maximum absolute atomic E-state index is 11.0. The Hall–Kier alpha value is -1.84. The van der Waals surface area contributed by atoms with Crippen molar-refractivity contribution in [2.75, 3.05) is 12.3 Å². The summed E-state index contributed by atoms with van der Waals surface area (Å²) in [6.07, 6.45) is 5.30. The van der Waals surface area contributed by atoms with Crippen molar-refractivity contribution in [1.29, 1.82) is 0 Å². The molecule has 0 aromatic carbocycles. The molecule has 0 radical (unpaired) electrons. The van der Waals surface area contributed by atoms with Gasteiger partial charge in [-0.05, 0) is 25.1 Å². The van der Waals surface area contributed by atoms with Gasteiger partial charge in [0.05, 0.1) is 24.4 Å². The monoisotopic (exact) mass is 206 g/mol. The molecular weight excluding hydrogens is 192 g/mol. The Bertz CT molecular complexity index is 361. The van der Waals surface area contributed by atoms with E-state index in [1.807, 2.05) is 0 Å². The van der Waals surface area contributed by atoms with Gasteiger partial charge in [0.25, 0.3) is 0 Å². The highest BCUT2D eigenvalue weighted by Crippen LogP contribution is 2.08. The first-order valence-corrected chi connectivity index (χ1v) is 4.76. The van der Waals surface area contributed by atoms with Crippen molar-refractivity contribution in [3.63, 3.8) is 0 Å². The van der Waals surface area contributed by atoms with E-state index >= 15 is 0 Å². The molecule has 0 amide bonds. The van der Waals surface area contributed by atoms with E-state index in [1.165, 1.54) is 0 Å². The summed E-state index contributed by atoms with van der Waals surface area (Å²) in [7, 11) is 0. The Morgan fingerprint density at radius 1 is 1.67 bits per heavy atom. The summed E-state index contributed by atoms with van der Waals surface area (Å²) >= 11 is 0. The van der Waals surface area contributed by atoms with Gasteiger partial charge in [-0.25, -0.2) is 0 Å². The molecule has 80 valence electrons. The average Bonchev–Trinajstić information content (AvgIpc) is 2.21. The third-order valence-corrected chi connectivity index (χ3v) is 1.74. The fourth-order valence-corrected chi connectivity index (χ4v) is 1.06. The van der Waals surface area contributed by atoms with E-state index < -0.39 is 0 Å². The predicted octanol–water partition coefficient (Wildman–Crippen LogP) is 1.63. The van der Waals surface area contributed by atoms with Gasteiger partial charge in [-0.1, -0.05) is 6.08 Å². The fourth-order valence-electron chi connectivity index (χ4n) is 1.06. The second-order valence-electron chi connectivity index (χ2n) is 2.89. The summed E-state index contributed by atoms with van der Waals surface area (Å²) in [5, 5.41) is 0. The van der Waals surface area contributed by atoms with Crippen molar-refractivity contribution >= 4 is 17.7 Å². The van der Waals surface area contributed by atoms with Crippen LogP contribution in [-0.2, 0) is 9.53 Å². The smallest absolute Gasteiger partial charge is 0.309 e. The quantitative estimate of drug-likeness (QED) is 0.760. The number of carbonyl (C=O) groups is 1. The van der Waals surface area contributed by atoms with Crippen LogP contribution < -0.4 is 5.73 Å². The van der Waals surface area contributed by atoms with Crippen LogP contribution in [0.15, 0.2) is 24.4 Å². The summed E-state index contributed by atoms with van der Waals surface area (Å²) in [4.78, 5) is 15.1. The average molecular weight is 206 g/mol. The van der Waals surface area contributed by atoms with Crippen molar-refractivity contribution in [3.05, 3.63) is 30.1 Å². The zero-order chi connectivity index (χ0) is 11.1. The molecule has 1 aromatic rings. The number of pyridine rings is 1. The summed E-state index contributed by atoms with van der Waals surface area (Å²) < 4.78 is 4.77. The first kappa shape index (κ1) is 11.2.